The van der Waals surface area contributed by atoms with Gasteiger partial charge in [0.15, 0.2) is 0 Å². The smallest absolute Gasteiger partial charge is 0.320 e. The average Bonchev–Trinajstić information content (AvgIpc) is 3.24. The molecule has 8 heteroatoms. The Balaban J connectivity index is 1.33. The van der Waals surface area contributed by atoms with E-state index in [2.05, 4.69) is 45.2 Å². The van der Waals surface area contributed by atoms with Gasteiger partial charge >= 0.3 is 6.03 Å². The van der Waals surface area contributed by atoms with Crippen molar-refractivity contribution < 1.29 is 9.53 Å². The average molecular weight is 410 g/mol. The number of fused-ring (bicyclic) bond motifs is 1. The van der Waals surface area contributed by atoms with E-state index in [1.807, 2.05) is 15.9 Å². The highest BCUT2D eigenvalue weighted by Crippen LogP contribution is 2.36. The van der Waals surface area contributed by atoms with Gasteiger partial charge in [-0.1, -0.05) is 30.3 Å². The number of aromatic nitrogens is 2. The molecule has 2 aliphatic heterocycles. The summed E-state index contributed by atoms with van der Waals surface area (Å²) in [4.78, 5) is 30.1. The molecule has 0 atom stereocenters. The van der Waals surface area contributed by atoms with Gasteiger partial charge in [0.1, 0.15) is 17.0 Å². The van der Waals surface area contributed by atoms with E-state index in [0.29, 0.717) is 39.4 Å². The summed E-state index contributed by atoms with van der Waals surface area (Å²) in [6.07, 6.45) is 1.65. The molecule has 2 aromatic heterocycles. The van der Waals surface area contributed by atoms with E-state index in [1.54, 1.807) is 17.7 Å². The van der Waals surface area contributed by atoms with Gasteiger partial charge in [-0.15, -0.1) is 11.3 Å². The summed E-state index contributed by atoms with van der Waals surface area (Å²) in [5.41, 5.74) is 1.20. The zero-order valence-corrected chi connectivity index (χ0v) is 17.0. The third-order valence-corrected chi connectivity index (χ3v) is 6.59. The molecule has 0 unspecified atom stereocenters. The van der Waals surface area contributed by atoms with Crippen molar-refractivity contribution in [3.8, 4) is 10.4 Å². The molecule has 0 aliphatic carbocycles. The first-order valence-corrected chi connectivity index (χ1v) is 10.8. The summed E-state index contributed by atoms with van der Waals surface area (Å²) in [5, 5.41) is 1.09. The minimum absolute atomic E-state index is 0.127. The maximum Gasteiger partial charge on any atom is 0.320 e. The molecule has 2 saturated heterocycles. The number of nitrogens with zero attached hydrogens (tertiary/aromatic N) is 5. The molecular formula is C21H23N5O2S. The molecule has 7 nitrogen and oxygen atoms in total. The summed E-state index contributed by atoms with van der Waals surface area (Å²) in [6, 6.07) is 12.7. The quantitative estimate of drug-likeness (QED) is 0.651. The molecule has 0 N–H and O–H groups in total. The van der Waals surface area contributed by atoms with Crippen LogP contribution in [0, 0.1) is 0 Å². The molecule has 0 spiro atoms. The number of hydrogen-bond donors (Lipinski definition) is 0. The zero-order valence-electron chi connectivity index (χ0n) is 16.2. The van der Waals surface area contributed by atoms with Crippen molar-refractivity contribution >= 4 is 33.4 Å². The van der Waals surface area contributed by atoms with Crippen molar-refractivity contribution in [2.75, 3.05) is 57.4 Å². The van der Waals surface area contributed by atoms with Crippen molar-refractivity contribution in [1.82, 2.24) is 19.8 Å². The molecule has 0 radical (unpaired) electrons. The molecule has 4 heterocycles. The zero-order chi connectivity index (χ0) is 19.6. The van der Waals surface area contributed by atoms with E-state index >= 15 is 0 Å². The van der Waals surface area contributed by atoms with Crippen LogP contribution in [-0.4, -0.2) is 78.3 Å². The number of anilines is 1. The second-order valence-electron chi connectivity index (χ2n) is 7.25. The fourth-order valence-electron chi connectivity index (χ4n) is 3.90. The second-order valence-corrected chi connectivity index (χ2v) is 8.28. The van der Waals surface area contributed by atoms with Crippen molar-refractivity contribution in [3.63, 3.8) is 0 Å². The highest BCUT2D eigenvalue weighted by molar-refractivity contribution is 7.21. The van der Waals surface area contributed by atoms with Gasteiger partial charge in [0.2, 0.25) is 0 Å². The normalized spacial score (nSPS) is 17.7. The maximum absolute atomic E-state index is 12.7. The Morgan fingerprint density at radius 2 is 1.66 bits per heavy atom. The van der Waals surface area contributed by atoms with E-state index in [1.165, 1.54) is 10.4 Å². The first-order chi connectivity index (χ1) is 14.3. The molecule has 0 bridgehead atoms. The lowest BCUT2D eigenvalue weighted by molar-refractivity contribution is 0.0428. The highest BCUT2D eigenvalue weighted by Gasteiger charge is 2.27. The monoisotopic (exact) mass is 409 g/mol. The molecule has 3 aromatic rings. The molecule has 5 rings (SSSR count). The predicted molar refractivity (Wildman–Crippen MR) is 114 cm³/mol. The third kappa shape index (κ3) is 3.65. The van der Waals surface area contributed by atoms with Crippen LogP contribution >= 0.6 is 11.3 Å². The molecular weight excluding hydrogens is 386 g/mol. The lowest BCUT2D eigenvalue weighted by atomic mass is 10.2. The van der Waals surface area contributed by atoms with Crippen LogP contribution in [0.4, 0.5) is 10.6 Å². The SMILES string of the molecule is O=C(N1CCOCC1)N1CCN(c2ncnc3sc(-c4ccccc4)cc23)CC1. The van der Waals surface area contributed by atoms with Crippen LogP contribution in [0.15, 0.2) is 42.7 Å². The number of ether oxygens (including phenoxy) is 1. The fourth-order valence-corrected chi connectivity index (χ4v) is 4.90. The third-order valence-electron chi connectivity index (χ3n) is 5.50. The first kappa shape index (κ1) is 18.3. The minimum atomic E-state index is 0.127. The molecule has 2 aliphatic rings. The number of morpholine rings is 1. The number of thiophene rings is 1. The van der Waals surface area contributed by atoms with E-state index in [9.17, 15) is 4.79 Å². The Labute approximate surface area is 173 Å². The van der Waals surface area contributed by atoms with Crippen LogP contribution in [0.3, 0.4) is 0 Å². The Hall–Kier alpha value is -2.71. The number of hydrogen-bond acceptors (Lipinski definition) is 6. The predicted octanol–water partition coefficient (Wildman–Crippen LogP) is 2.93. The minimum Gasteiger partial charge on any atom is -0.378 e. The summed E-state index contributed by atoms with van der Waals surface area (Å²) in [5.74, 6) is 0.965. The molecule has 29 heavy (non-hydrogen) atoms. The Morgan fingerprint density at radius 1 is 0.931 bits per heavy atom. The van der Waals surface area contributed by atoms with Crippen LogP contribution in [0.5, 0.6) is 0 Å². The maximum atomic E-state index is 12.7. The summed E-state index contributed by atoms with van der Waals surface area (Å²) >= 11 is 1.69. The number of urea groups is 1. The van der Waals surface area contributed by atoms with Crippen LogP contribution in [0.2, 0.25) is 0 Å². The Bertz CT molecular complexity index is 995. The largest absolute Gasteiger partial charge is 0.378 e. The van der Waals surface area contributed by atoms with Crippen molar-refractivity contribution in [2.24, 2.45) is 0 Å². The van der Waals surface area contributed by atoms with Crippen LogP contribution in [-0.2, 0) is 4.74 Å². The molecule has 0 saturated carbocycles. The van der Waals surface area contributed by atoms with Gasteiger partial charge in [0.25, 0.3) is 0 Å². The number of benzene rings is 1. The van der Waals surface area contributed by atoms with Crippen LogP contribution in [0.25, 0.3) is 20.7 Å². The van der Waals surface area contributed by atoms with Gasteiger partial charge in [-0.05, 0) is 11.6 Å². The summed E-state index contributed by atoms with van der Waals surface area (Å²) in [7, 11) is 0. The van der Waals surface area contributed by atoms with Crippen molar-refractivity contribution in [3.05, 3.63) is 42.7 Å². The number of amides is 2. The molecule has 1 aromatic carbocycles. The van der Waals surface area contributed by atoms with Crippen LogP contribution in [0.1, 0.15) is 0 Å². The van der Waals surface area contributed by atoms with Gasteiger partial charge in [-0.2, -0.15) is 0 Å². The number of piperazine rings is 1. The lowest BCUT2D eigenvalue weighted by Gasteiger charge is -2.39. The highest BCUT2D eigenvalue weighted by atomic mass is 32.1. The summed E-state index contributed by atoms with van der Waals surface area (Å²) in [6.45, 7) is 5.59. The van der Waals surface area contributed by atoms with Gasteiger partial charge < -0.3 is 19.4 Å². The van der Waals surface area contributed by atoms with E-state index in [4.69, 9.17) is 4.74 Å². The Kier molecular flexibility index (Phi) is 5.03. The van der Waals surface area contributed by atoms with E-state index < -0.39 is 0 Å². The first-order valence-electron chi connectivity index (χ1n) is 9.96. The lowest BCUT2D eigenvalue weighted by Crippen LogP contribution is -2.55. The number of rotatable bonds is 2. The number of carbonyl (C=O) groups is 1. The fraction of sp³-hybridized carbons (Fsp3) is 0.381. The van der Waals surface area contributed by atoms with Gasteiger partial charge in [0, 0.05) is 44.1 Å². The standard InChI is InChI=1S/C21H23N5O2S/c27-21(26-10-12-28-13-11-26)25-8-6-24(7-9-25)19-17-14-18(16-4-2-1-3-5-16)29-20(17)23-15-22-19/h1-5,14-15H,6-13H2. The van der Waals surface area contributed by atoms with E-state index in [-0.39, 0.29) is 6.03 Å². The van der Waals surface area contributed by atoms with Crippen LogP contribution < -0.4 is 4.90 Å². The summed E-state index contributed by atoms with van der Waals surface area (Å²) < 4.78 is 5.35. The topological polar surface area (TPSA) is 61.8 Å². The van der Waals surface area contributed by atoms with Gasteiger partial charge in [-0.25, -0.2) is 14.8 Å². The van der Waals surface area contributed by atoms with Gasteiger partial charge in [0.05, 0.1) is 18.6 Å². The van der Waals surface area contributed by atoms with E-state index in [0.717, 1.165) is 29.1 Å². The molecule has 2 amide bonds. The van der Waals surface area contributed by atoms with Crippen molar-refractivity contribution in [2.45, 2.75) is 0 Å². The Morgan fingerprint density at radius 3 is 2.41 bits per heavy atom. The molecule has 2 fully saturated rings. The number of carbonyl (C=O) groups excluding carboxylic acids is 1. The van der Waals surface area contributed by atoms with Gasteiger partial charge in [-0.3, -0.25) is 0 Å². The van der Waals surface area contributed by atoms with Crippen molar-refractivity contribution in [1.29, 1.82) is 0 Å². The molecule has 150 valence electrons. The second kappa shape index (κ2) is 7.96.